The Morgan fingerprint density at radius 1 is 1.44 bits per heavy atom. The van der Waals surface area contributed by atoms with Crippen molar-refractivity contribution in [3.05, 3.63) is 11.6 Å². The molecule has 9 heavy (non-hydrogen) atoms. The first-order valence-electron chi connectivity index (χ1n) is 2.72. The lowest BCUT2D eigenvalue weighted by molar-refractivity contribution is -0.165. The molecule has 1 heterocycles. The Hall–Kier alpha value is -1.12. The van der Waals surface area contributed by atoms with Crippen LogP contribution in [-0.4, -0.2) is 11.9 Å². The molecule has 3 nitrogen and oxygen atoms in total. The van der Waals surface area contributed by atoms with E-state index in [-0.39, 0.29) is 5.57 Å². The maximum atomic E-state index is 10.3. The first-order valence-corrected chi connectivity index (χ1v) is 2.72. The minimum atomic E-state index is -0.498. The second kappa shape index (κ2) is 2.01. The topological polar surface area (TPSA) is 43.4 Å². The number of carbonyl (C=O) groups is 2. The number of hydrogen-bond donors (Lipinski definition) is 0. The van der Waals surface area contributed by atoms with E-state index in [2.05, 4.69) is 4.74 Å². The zero-order valence-corrected chi connectivity index (χ0v) is 5.01. The number of ether oxygens (including phenoxy) is 1. The van der Waals surface area contributed by atoms with Crippen molar-refractivity contribution < 1.29 is 14.3 Å². The molecule has 1 aliphatic heterocycles. The molecule has 0 unspecified atom stereocenters. The molecule has 0 bridgehead atoms. The van der Waals surface area contributed by atoms with Gasteiger partial charge in [0.05, 0.1) is 0 Å². The zero-order chi connectivity index (χ0) is 6.85. The van der Waals surface area contributed by atoms with Crippen LogP contribution >= 0.6 is 0 Å². The molecule has 0 spiro atoms. The van der Waals surface area contributed by atoms with Crippen molar-refractivity contribution in [2.24, 2.45) is 0 Å². The van der Waals surface area contributed by atoms with Gasteiger partial charge in [0.2, 0.25) is 0 Å². The van der Waals surface area contributed by atoms with Crippen molar-refractivity contribution in [3.8, 4) is 0 Å². The lowest BCUT2D eigenvalue weighted by atomic mass is 10.2. The highest BCUT2D eigenvalue weighted by Gasteiger charge is 2.33. The van der Waals surface area contributed by atoms with E-state index in [4.69, 9.17) is 0 Å². The van der Waals surface area contributed by atoms with E-state index in [9.17, 15) is 9.59 Å². The van der Waals surface area contributed by atoms with Gasteiger partial charge in [-0.3, -0.25) is 0 Å². The average Bonchev–Trinajstić information content (AvgIpc) is 1.84. The van der Waals surface area contributed by atoms with Crippen LogP contribution in [-0.2, 0) is 14.3 Å². The summed E-state index contributed by atoms with van der Waals surface area (Å²) >= 11 is 0. The fraction of sp³-hybridized carbons (Fsp3) is 0.333. The smallest absolute Gasteiger partial charge is 0.353 e. The molecular formula is C6H6O3. The zero-order valence-electron chi connectivity index (χ0n) is 5.01. The Morgan fingerprint density at radius 2 is 2.00 bits per heavy atom. The van der Waals surface area contributed by atoms with Gasteiger partial charge in [-0.25, -0.2) is 9.59 Å². The molecule has 0 amide bonds. The Labute approximate surface area is 52.3 Å². The highest BCUT2D eigenvalue weighted by atomic mass is 16.6. The highest BCUT2D eigenvalue weighted by molar-refractivity contribution is 6.26. The lowest BCUT2D eigenvalue weighted by Gasteiger charge is -2.12. The number of allylic oxidation sites excluding steroid dienone is 1. The molecule has 48 valence electrons. The van der Waals surface area contributed by atoms with Crippen LogP contribution in [0.1, 0.15) is 13.3 Å². The monoisotopic (exact) mass is 126 g/mol. The summed E-state index contributed by atoms with van der Waals surface area (Å²) in [6.07, 6.45) is 2.25. The van der Waals surface area contributed by atoms with E-state index in [1.807, 2.05) is 6.92 Å². The van der Waals surface area contributed by atoms with Crippen LogP contribution in [0.4, 0.5) is 0 Å². The van der Waals surface area contributed by atoms with Crippen molar-refractivity contribution in [2.75, 3.05) is 0 Å². The van der Waals surface area contributed by atoms with Gasteiger partial charge in [0.15, 0.2) is 0 Å². The maximum absolute atomic E-state index is 10.3. The van der Waals surface area contributed by atoms with Gasteiger partial charge in [-0.05, 0) is 6.42 Å². The molecule has 0 saturated carbocycles. The van der Waals surface area contributed by atoms with Gasteiger partial charge >= 0.3 is 11.9 Å². The van der Waals surface area contributed by atoms with Gasteiger partial charge < -0.3 is 4.74 Å². The van der Waals surface area contributed by atoms with Crippen LogP contribution in [0.15, 0.2) is 11.6 Å². The second-order valence-corrected chi connectivity index (χ2v) is 1.70. The minimum absolute atomic E-state index is 0.192. The number of rotatable bonds is 1. The van der Waals surface area contributed by atoms with Gasteiger partial charge in [-0.15, -0.1) is 0 Å². The summed E-state index contributed by atoms with van der Waals surface area (Å²) in [6.45, 7) is 1.85. The Morgan fingerprint density at radius 3 is 2.22 bits per heavy atom. The van der Waals surface area contributed by atoms with Crippen LogP contribution < -0.4 is 0 Å². The van der Waals surface area contributed by atoms with E-state index in [1.165, 1.54) is 0 Å². The van der Waals surface area contributed by atoms with Crippen molar-refractivity contribution in [2.45, 2.75) is 13.3 Å². The normalized spacial score (nSPS) is 16.8. The van der Waals surface area contributed by atoms with Crippen molar-refractivity contribution >= 4 is 11.9 Å². The molecule has 1 saturated heterocycles. The molecule has 0 aromatic rings. The largest absolute Gasteiger partial charge is 0.385 e. The Kier molecular flexibility index (Phi) is 1.34. The first-order chi connectivity index (χ1) is 4.25. The summed E-state index contributed by atoms with van der Waals surface area (Å²) in [5.74, 6) is -0.997. The predicted octanol–water partition coefficient (Wildman–Crippen LogP) is 0.406. The number of carbonyl (C=O) groups excluding carboxylic acids is 2. The third-order valence-corrected chi connectivity index (χ3v) is 1.03. The predicted molar refractivity (Wildman–Crippen MR) is 29.5 cm³/mol. The molecule has 0 aromatic heterocycles. The molecule has 0 N–H and O–H groups in total. The van der Waals surface area contributed by atoms with Crippen LogP contribution in [0, 0.1) is 0 Å². The van der Waals surface area contributed by atoms with E-state index in [1.54, 1.807) is 6.08 Å². The summed E-state index contributed by atoms with van der Waals surface area (Å²) < 4.78 is 4.06. The van der Waals surface area contributed by atoms with Gasteiger partial charge in [-0.2, -0.15) is 0 Å². The molecule has 0 atom stereocenters. The van der Waals surface area contributed by atoms with E-state index < -0.39 is 11.9 Å². The molecular weight excluding hydrogens is 120 g/mol. The maximum Gasteiger partial charge on any atom is 0.353 e. The molecule has 0 aromatic carbocycles. The fourth-order valence-electron chi connectivity index (χ4n) is 0.602. The minimum Gasteiger partial charge on any atom is -0.385 e. The van der Waals surface area contributed by atoms with Crippen LogP contribution in [0.3, 0.4) is 0 Å². The standard InChI is InChI=1S/C6H6O3/c1-2-3-4-5(7)9-6(4)8/h3H,2H2,1H3. The first kappa shape index (κ1) is 6.01. The van der Waals surface area contributed by atoms with Crippen LogP contribution in [0.5, 0.6) is 0 Å². The molecule has 1 rings (SSSR count). The van der Waals surface area contributed by atoms with E-state index >= 15 is 0 Å². The average molecular weight is 126 g/mol. The van der Waals surface area contributed by atoms with Gasteiger partial charge in [0, 0.05) is 0 Å². The van der Waals surface area contributed by atoms with Gasteiger partial charge in [0.25, 0.3) is 0 Å². The van der Waals surface area contributed by atoms with Crippen LogP contribution in [0.25, 0.3) is 0 Å². The number of hydrogen-bond acceptors (Lipinski definition) is 3. The number of cyclic esters (lactones) is 2. The van der Waals surface area contributed by atoms with Gasteiger partial charge in [-0.1, -0.05) is 13.0 Å². The van der Waals surface area contributed by atoms with E-state index in [0.29, 0.717) is 6.42 Å². The highest BCUT2D eigenvalue weighted by Crippen LogP contribution is 2.13. The van der Waals surface area contributed by atoms with Crippen molar-refractivity contribution in [1.29, 1.82) is 0 Å². The van der Waals surface area contributed by atoms with Gasteiger partial charge in [0.1, 0.15) is 5.57 Å². The molecule has 0 radical (unpaired) electrons. The molecule has 3 heteroatoms. The summed E-state index contributed by atoms with van der Waals surface area (Å²) in [7, 11) is 0. The lowest BCUT2D eigenvalue weighted by Crippen LogP contribution is -2.31. The third-order valence-electron chi connectivity index (χ3n) is 1.03. The summed E-state index contributed by atoms with van der Waals surface area (Å²) in [4.78, 5) is 20.6. The molecule has 1 aliphatic rings. The van der Waals surface area contributed by atoms with Crippen molar-refractivity contribution in [1.82, 2.24) is 0 Å². The van der Waals surface area contributed by atoms with Crippen molar-refractivity contribution in [3.63, 3.8) is 0 Å². The SMILES string of the molecule is CCC=C1C(=O)OC1=O. The summed E-state index contributed by atoms with van der Waals surface area (Å²) in [5, 5.41) is 0. The number of esters is 2. The quantitative estimate of drug-likeness (QED) is 0.221. The second-order valence-electron chi connectivity index (χ2n) is 1.70. The summed E-state index contributed by atoms with van der Waals surface area (Å²) in [5.41, 5.74) is 0.192. The fourth-order valence-corrected chi connectivity index (χ4v) is 0.602. The van der Waals surface area contributed by atoms with E-state index in [0.717, 1.165) is 0 Å². The summed E-state index contributed by atoms with van der Waals surface area (Å²) in [6, 6.07) is 0. The Bertz CT molecular complexity index is 174. The molecule has 0 aliphatic carbocycles. The third kappa shape index (κ3) is 0.850. The molecule has 1 fully saturated rings. The Balaban J connectivity index is 2.69. The van der Waals surface area contributed by atoms with Crippen LogP contribution in [0.2, 0.25) is 0 Å².